The van der Waals surface area contributed by atoms with Crippen molar-refractivity contribution in [1.29, 1.82) is 0 Å². The molecule has 0 aromatic heterocycles. The molecule has 5 aliphatic rings. The molecule has 1 spiro atoms. The zero-order valence-electron chi connectivity index (χ0n) is 30.5. The molecule has 7 rings (SSSR count). The van der Waals surface area contributed by atoms with E-state index < -0.39 is 52.3 Å². The lowest BCUT2D eigenvalue weighted by atomic mass is 9.47. The summed E-state index contributed by atoms with van der Waals surface area (Å²) in [4.78, 5) is 49.2. The van der Waals surface area contributed by atoms with Crippen LogP contribution in [0, 0.1) is 5.41 Å². The molecule has 1 amide bonds. The summed E-state index contributed by atoms with van der Waals surface area (Å²) < 4.78 is 56.0. The summed E-state index contributed by atoms with van der Waals surface area (Å²) in [5, 5.41) is 13.0. The monoisotopic (exact) mass is 740 g/mol. The lowest BCUT2D eigenvalue weighted by molar-refractivity contribution is -0.229. The van der Waals surface area contributed by atoms with E-state index in [9.17, 15) is 32.7 Å². The number of aliphatic hydroxyl groups is 1. The molecule has 14 heteroatoms. The number of ether oxygens (including phenoxy) is 3. The summed E-state index contributed by atoms with van der Waals surface area (Å²) in [7, 11) is 4.65. The molecule has 1 saturated carbocycles. The number of anilines is 1. The molecule has 2 saturated heterocycles. The van der Waals surface area contributed by atoms with Gasteiger partial charge in [0.2, 0.25) is 11.5 Å². The van der Waals surface area contributed by atoms with Gasteiger partial charge in [-0.15, -0.1) is 0 Å². The lowest BCUT2D eigenvalue weighted by Gasteiger charge is -2.63. The molecule has 2 aromatic carbocycles. The van der Waals surface area contributed by atoms with Crippen LogP contribution in [0.4, 0.5) is 18.9 Å². The van der Waals surface area contributed by atoms with Gasteiger partial charge in [0.1, 0.15) is 5.75 Å². The number of rotatable bonds is 9. The van der Waals surface area contributed by atoms with Crippen LogP contribution < -0.4 is 9.64 Å². The zero-order chi connectivity index (χ0) is 37.9. The summed E-state index contributed by atoms with van der Waals surface area (Å²) in [6.45, 7) is 5.70. The Morgan fingerprint density at radius 2 is 1.68 bits per heavy atom. The minimum atomic E-state index is -4.39. The highest BCUT2D eigenvalue weighted by Crippen LogP contribution is 2.67. The number of benzene rings is 2. The van der Waals surface area contributed by atoms with Crippen molar-refractivity contribution in [2.75, 3.05) is 65.4 Å². The maximum absolute atomic E-state index is 14.1. The van der Waals surface area contributed by atoms with Crippen molar-refractivity contribution in [3.8, 4) is 5.75 Å². The Kier molecular flexibility index (Phi) is 9.55. The topological polar surface area (TPSA) is 112 Å². The number of nitrogens with zero attached hydrogens (tertiary/aromatic N) is 4. The van der Waals surface area contributed by atoms with E-state index in [0.717, 1.165) is 35.5 Å². The number of alkyl halides is 3. The second-order valence-electron chi connectivity index (χ2n) is 15.0. The van der Waals surface area contributed by atoms with Crippen molar-refractivity contribution >= 4 is 23.5 Å². The fourth-order valence-electron chi connectivity index (χ4n) is 10.3. The predicted molar refractivity (Wildman–Crippen MR) is 188 cm³/mol. The number of hydrogen-bond acceptors (Lipinski definition) is 10. The Bertz CT molecular complexity index is 1780. The van der Waals surface area contributed by atoms with Gasteiger partial charge in [-0.3, -0.25) is 19.4 Å². The molecule has 4 aliphatic heterocycles. The molecule has 286 valence electrons. The minimum Gasteiger partial charge on any atom is -0.497 e. The van der Waals surface area contributed by atoms with Gasteiger partial charge in [-0.1, -0.05) is 37.3 Å². The van der Waals surface area contributed by atoms with Gasteiger partial charge in [0.05, 0.1) is 32.2 Å². The van der Waals surface area contributed by atoms with Crippen molar-refractivity contribution in [3.63, 3.8) is 0 Å². The molecule has 53 heavy (non-hydrogen) atoms. The average Bonchev–Trinajstić information content (AvgIpc) is 3.67. The number of carbonyl (C=O) groups excluding carboxylic acids is 3. The second kappa shape index (κ2) is 13.6. The largest absolute Gasteiger partial charge is 0.497 e. The first-order valence-electron chi connectivity index (χ1n) is 18.2. The molecule has 2 aromatic rings. The molecule has 0 radical (unpaired) electrons. The lowest BCUT2D eigenvalue weighted by Crippen LogP contribution is -2.81. The van der Waals surface area contributed by atoms with Crippen LogP contribution in [0.25, 0.3) is 0 Å². The normalized spacial score (nSPS) is 30.8. The van der Waals surface area contributed by atoms with E-state index in [1.807, 2.05) is 49.2 Å². The second-order valence-corrected chi connectivity index (χ2v) is 15.0. The molecule has 11 nitrogen and oxygen atoms in total. The van der Waals surface area contributed by atoms with E-state index in [-0.39, 0.29) is 24.8 Å². The fraction of sp³-hybridized carbons (Fsp3) is 0.564. The molecule has 1 N–H and O–H groups in total. The van der Waals surface area contributed by atoms with Gasteiger partial charge >= 0.3 is 18.1 Å². The number of methoxy groups -OCH3 is 2. The number of esters is 2. The third-order valence-electron chi connectivity index (χ3n) is 12.5. The van der Waals surface area contributed by atoms with Gasteiger partial charge in [0.25, 0.3) is 0 Å². The van der Waals surface area contributed by atoms with Gasteiger partial charge in [0.15, 0.2) is 6.10 Å². The average molecular weight is 741 g/mol. The van der Waals surface area contributed by atoms with Crippen LogP contribution >= 0.6 is 0 Å². The van der Waals surface area contributed by atoms with E-state index in [1.54, 1.807) is 12.0 Å². The van der Waals surface area contributed by atoms with Crippen LogP contribution in [-0.4, -0.2) is 122 Å². The molecule has 0 unspecified atom stereocenters. The van der Waals surface area contributed by atoms with Crippen LogP contribution in [0.5, 0.6) is 5.75 Å². The number of likely N-dealkylation sites (N-methyl/N-ethyl adjacent to an activating group) is 1. The number of hydrogen-bond donors (Lipinski definition) is 1. The number of halogens is 3. The van der Waals surface area contributed by atoms with Gasteiger partial charge in [-0.25, -0.2) is 4.79 Å². The summed E-state index contributed by atoms with van der Waals surface area (Å²) >= 11 is 0. The highest BCUT2D eigenvalue weighted by Gasteiger charge is 2.80. The maximum atomic E-state index is 14.1. The number of amides is 1. The quantitative estimate of drug-likeness (QED) is 0.302. The van der Waals surface area contributed by atoms with E-state index in [2.05, 4.69) is 9.80 Å². The van der Waals surface area contributed by atoms with E-state index in [0.29, 0.717) is 57.9 Å². The highest BCUT2D eigenvalue weighted by molar-refractivity contribution is 5.87. The summed E-state index contributed by atoms with van der Waals surface area (Å²) in [6, 6.07) is 9.88. The van der Waals surface area contributed by atoms with Crippen molar-refractivity contribution in [1.82, 2.24) is 14.7 Å². The number of carbonyl (C=O) groups is 3. The fourth-order valence-corrected chi connectivity index (χ4v) is 10.3. The van der Waals surface area contributed by atoms with Crippen LogP contribution in [-0.2, 0) is 42.0 Å². The van der Waals surface area contributed by atoms with Gasteiger partial charge < -0.3 is 29.1 Å². The van der Waals surface area contributed by atoms with E-state index in [4.69, 9.17) is 14.2 Å². The first-order valence-corrected chi connectivity index (χ1v) is 18.2. The summed E-state index contributed by atoms with van der Waals surface area (Å²) in [5.74, 6) is -1.18. The van der Waals surface area contributed by atoms with Crippen LogP contribution in [0.1, 0.15) is 49.3 Å². The van der Waals surface area contributed by atoms with Crippen molar-refractivity contribution in [3.05, 3.63) is 71.3 Å². The van der Waals surface area contributed by atoms with E-state index >= 15 is 0 Å². The van der Waals surface area contributed by atoms with Crippen LogP contribution in [0.2, 0.25) is 0 Å². The van der Waals surface area contributed by atoms with Crippen molar-refractivity contribution in [2.24, 2.45) is 5.41 Å². The minimum absolute atomic E-state index is 0.121. The Hall–Kier alpha value is -4.14. The van der Waals surface area contributed by atoms with E-state index in [1.165, 1.54) is 19.2 Å². The smallest absolute Gasteiger partial charge is 0.416 e. The molecule has 1 aliphatic carbocycles. The molecule has 4 heterocycles. The van der Waals surface area contributed by atoms with Gasteiger partial charge in [-0.05, 0) is 48.7 Å². The van der Waals surface area contributed by atoms with Gasteiger partial charge in [-0.2, -0.15) is 13.2 Å². The Morgan fingerprint density at radius 1 is 0.962 bits per heavy atom. The Labute approximate surface area is 307 Å². The zero-order valence-corrected chi connectivity index (χ0v) is 30.5. The Balaban J connectivity index is 1.08. The van der Waals surface area contributed by atoms with Crippen LogP contribution in [0.3, 0.4) is 0 Å². The molecular formula is C39H47F3N4O7. The standard InChI is InChI=1S/C39H47F3N4O7/c1-5-36-15-6-17-46-18-16-37(32(36)46)28-12-11-27(51-3)23-29(28)43(2)33(37)38(50,35(49)52-4)34(36)53-31(48)14-13-30(47)45-21-19-44(20-22-45)24-25-7-9-26(10-8-25)39(40,41)42/h6-12,15,23,32-34,50H,5,13-14,16-22,24H2,1-4H3/t32-,33+,34+,36+,37+,38-/m0/s1. The summed E-state index contributed by atoms with van der Waals surface area (Å²) in [5.41, 5.74) is -2.05. The number of fused-ring (bicyclic) bond motifs is 1. The summed E-state index contributed by atoms with van der Waals surface area (Å²) in [6.07, 6.45) is -0.918. The molecule has 3 fully saturated rings. The predicted octanol–water partition coefficient (Wildman–Crippen LogP) is 3.76. The molecular weight excluding hydrogens is 693 g/mol. The third kappa shape index (κ3) is 5.79. The van der Waals surface area contributed by atoms with Crippen molar-refractivity contribution in [2.45, 2.75) is 74.5 Å². The molecule has 0 bridgehead atoms. The number of piperazine rings is 1. The SMILES string of the molecule is CC[C@]12C=CCN3CC[C@@]4(c5ccc(OC)cc5N(C)[C@H]4[C@@](O)(C(=O)OC)[C@@H]1OC(=O)CCC(=O)N1CCN(Cc4ccc(C(F)(F)F)cc4)CC1)[C@@H]32. The Morgan fingerprint density at radius 3 is 2.32 bits per heavy atom. The highest BCUT2D eigenvalue weighted by atomic mass is 19.4. The van der Waals surface area contributed by atoms with Crippen LogP contribution in [0.15, 0.2) is 54.6 Å². The first-order chi connectivity index (χ1) is 25.2. The third-order valence-corrected chi connectivity index (χ3v) is 12.5. The molecule has 6 atom stereocenters. The van der Waals surface area contributed by atoms with Gasteiger partial charge in [0, 0.05) is 81.4 Å². The maximum Gasteiger partial charge on any atom is 0.416 e. The van der Waals surface area contributed by atoms with Crippen molar-refractivity contribution < 1.29 is 46.9 Å². The first kappa shape index (κ1) is 37.2.